The highest BCUT2D eigenvalue weighted by Gasteiger charge is 2.15. The fraction of sp³-hybridized carbons (Fsp3) is 0.500. The van der Waals surface area contributed by atoms with Gasteiger partial charge >= 0.3 is 0 Å². The Morgan fingerprint density at radius 2 is 1.93 bits per heavy atom. The Morgan fingerprint density at radius 3 is 2.67 bits per heavy atom. The van der Waals surface area contributed by atoms with Crippen LogP contribution in [0.4, 0.5) is 8.78 Å². The molecule has 1 heterocycles. The minimum Gasteiger partial charge on any atom is -0.317 e. The molecule has 0 spiro atoms. The molecule has 0 unspecified atom stereocenters. The molecule has 1 aromatic rings. The zero-order chi connectivity index (χ0) is 10.7. The first-order chi connectivity index (χ1) is 7.25. The lowest BCUT2D eigenvalue weighted by molar-refractivity contribution is 0.368. The normalized spacial score (nSPS) is 18.0. The molecule has 15 heavy (non-hydrogen) atoms. The minimum atomic E-state index is -0.347. The number of halogens is 2. The summed E-state index contributed by atoms with van der Waals surface area (Å²) < 4.78 is 26.3. The topological polar surface area (TPSA) is 12.0 Å². The molecule has 1 aromatic carbocycles. The molecule has 3 heteroatoms. The SMILES string of the molecule is Fc1ccc(F)c(CC2CCNCC2)c1. The Labute approximate surface area is 88.5 Å². The Bertz CT molecular complexity index is 332. The van der Waals surface area contributed by atoms with E-state index in [4.69, 9.17) is 0 Å². The third kappa shape index (κ3) is 2.75. The third-order valence-corrected chi connectivity index (χ3v) is 2.98. The third-order valence-electron chi connectivity index (χ3n) is 2.98. The first-order valence-corrected chi connectivity index (χ1v) is 5.40. The number of hydrogen-bond acceptors (Lipinski definition) is 1. The van der Waals surface area contributed by atoms with Gasteiger partial charge in [-0.05, 0) is 62.0 Å². The largest absolute Gasteiger partial charge is 0.317 e. The molecule has 1 saturated heterocycles. The number of rotatable bonds is 2. The molecule has 0 saturated carbocycles. The van der Waals surface area contributed by atoms with Crippen LogP contribution in [0.2, 0.25) is 0 Å². The summed E-state index contributed by atoms with van der Waals surface area (Å²) in [4.78, 5) is 0. The van der Waals surface area contributed by atoms with E-state index in [0.717, 1.165) is 25.9 Å². The van der Waals surface area contributed by atoms with Crippen LogP contribution >= 0.6 is 0 Å². The fourth-order valence-electron chi connectivity index (χ4n) is 2.10. The highest BCUT2D eigenvalue weighted by atomic mass is 19.1. The molecule has 1 N–H and O–H groups in total. The molecule has 0 amide bonds. The van der Waals surface area contributed by atoms with Gasteiger partial charge in [-0.1, -0.05) is 0 Å². The summed E-state index contributed by atoms with van der Waals surface area (Å²) in [6.07, 6.45) is 2.76. The number of benzene rings is 1. The quantitative estimate of drug-likeness (QED) is 0.792. The van der Waals surface area contributed by atoms with E-state index in [0.29, 0.717) is 17.9 Å². The van der Waals surface area contributed by atoms with Crippen molar-refractivity contribution < 1.29 is 8.78 Å². The fourth-order valence-corrected chi connectivity index (χ4v) is 2.10. The second kappa shape index (κ2) is 4.71. The zero-order valence-corrected chi connectivity index (χ0v) is 8.60. The van der Waals surface area contributed by atoms with Gasteiger partial charge < -0.3 is 5.32 Å². The van der Waals surface area contributed by atoms with Crippen LogP contribution in [0.15, 0.2) is 18.2 Å². The van der Waals surface area contributed by atoms with E-state index in [1.807, 2.05) is 0 Å². The van der Waals surface area contributed by atoms with Crippen molar-refractivity contribution in [1.29, 1.82) is 0 Å². The predicted octanol–water partition coefficient (Wildman–Crippen LogP) is 2.51. The highest BCUT2D eigenvalue weighted by Crippen LogP contribution is 2.20. The first-order valence-electron chi connectivity index (χ1n) is 5.40. The van der Waals surface area contributed by atoms with Crippen molar-refractivity contribution in [3.05, 3.63) is 35.4 Å². The van der Waals surface area contributed by atoms with Crippen molar-refractivity contribution in [1.82, 2.24) is 5.32 Å². The minimum absolute atomic E-state index is 0.282. The standard InChI is InChI=1S/C12H15F2N/c13-11-1-2-12(14)10(8-11)7-9-3-5-15-6-4-9/h1-2,8-9,15H,3-7H2. The maximum absolute atomic E-state index is 13.3. The maximum atomic E-state index is 13.3. The molecule has 0 atom stereocenters. The predicted molar refractivity (Wildman–Crippen MR) is 55.7 cm³/mol. The van der Waals surface area contributed by atoms with Crippen LogP contribution in [0.25, 0.3) is 0 Å². The van der Waals surface area contributed by atoms with E-state index in [2.05, 4.69) is 5.32 Å². The van der Waals surface area contributed by atoms with Crippen LogP contribution < -0.4 is 5.32 Å². The number of piperidine rings is 1. The molecule has 1 aliphatic rings. The van der Waals surface area contributed by atoms with Crippen molar-refractivity contribution in [2.45, 2.75) is 19.3 Å². The second-order valence-electron chi connectivity index (χ2n) is 4.13. The van der Waals surface area contributed by atoms with E-state index in [9.17, 15) is 8.78 Å². The van der Waals surface area contributed by atoms with E-state index in [-0.39, 0.29) is 11.6 Å². The van der Waals surface area contributed by atoms with Gasteiger partial charge in [0.1, 0.15) is 11.6 Å². The number of nitrogens with one attached hydrogen (secondary N) is 1. The summed E-state index contributed by atoms with van der Waals surface area (Å²) in [6.45, 7) is 1.98. The highest BCUT2D eigenvalue weighted by molar-refractivity contribution is 5.19. The molecule has 1 nitrogen and oxygen atoms in total. The monoisotopic (exact) mass is 211 g/mol. The van der Waals surface area contributed by atoms with E-state index >= 15 is 0 Å². The van der Waals surface area contributed by atoms with Gasteiger partial charge in [0.2, 0.25) is 0 Å². The summed E-state index contributed by atoms with van der Waals surface area (Å²) in [5.74, 6) is -0.141. The molecule has 0 bridgehead atoms. The van der Waals surface area contributed by atoms with Crippen molar-refractivity contribution in [3.63, 3.8) is 0 Å². The van der Waals surface area contributed by atoms with E-state index in [1.54, 1.807) is 0 Å². The van der Waals surface area contributed by atoms with Crippen molar-refractivity contribution >= 4 is 0 Å². The van der Waals surface area contributed by atoms with Crippen LogP contribution in [0, 0.1) is 17.6 Å². The summed E-state index contributed by atoms with van der Waals surface area (Å²) in [7, 11) is 0. The van der Waals surface area contributed by atoms with Gasteiger partial charge in [-0.3, -0.25) is 0 Å². The van der Waals surface area contributed by atoms with Crippen LogP contribution in [0.1, 0.15) is 18.4 Å². The van der Waals surface area contributed by atoms with Gasteiger partial charge in [-0.15, -0.1) is 0 Å². The molecular weight excluding hydrogens is 196 g/mol. The van der Waals surface area contributed by atoms with E-state index < -0.39 is 0 Å². The van der Waals surface area contributed by atoms with Crippen molar-refractivity contribution in [2.24, 2.45) is 5.92 Å². The van der Waals surface area contributed by atoms with Crippen molar-refractivity contribution in [3.8, 4) is 0 Å². The molecule has 82 valence electrons. The summed E-state index contributed by atoms with van der Waals surface area (Å²) in [6, 6.07) is 3.70. The molecule has 2 rings (SSSR count). The summed E-state index contributed by atoms with van der Waals surface area (Å²) >= 11 is 0. The Hall–Kier alpha value is -0.960. The van der Waals surface area contributed by atoms with Gasteiger partial charge in [0, 0.05) is 0 Å². The molecule has 0 aromatic heterocycles. The molecule has 1 fully saturated rings. The van der Waals surface area contributed by atoms with Gasteiger partial charge in [0.15, 0.2) is 0 Å². The van der Waals surface area contributed by atoms with Gasteiger partial charge in [-0.25, -0.2) is 8.78 Å². The zero-order valence-electron chi connectivity index (χ0n) is 8.60. The van der Waals surface area contributed by atoms with Gasteiger partial charge in [0.25, 0.3) is 0 Å². The first kappa shape index (κ1) is 10.6. The second-order valence-corrected chi connectivity index (χ2v) is 4.13. The van der Waals surface area contributed by atoms with Crippen LogP contribution in [-0.4, -0.2) is 13.1 Å². The Morgan fingerprint density at radius 1 is 1.20 bits per heavy atom. The molecule has 1 aliphatic heterocycles. The lowest BCUT2D eigenvalue weighted by Gasteiger charge is -2.22. The van der Waals surface area contributed by atoms with Gasteiger partial charge in [0.05, 0.1) is 0 Å². The maximum Gasteiger partial charge on any atom is 0.126 e. The molecular formula is C12H15F2N. The van der Waals surface area contributed by atoms with Crippen LogP contribution in [0.5, 0.6) is 0 Å². The molecule has 0 radical (unpaired) electrons. The van der Waals surface area contributed by atoms with Crippen LogP contribution in [0.3, 0.4) is 0 Å². The number of hydrogen-bond donors (Lipinski definition) is 1. The molecule has 0 aliphatic carbocycles. The van der Waals surface area contributed by atoms with Gasteiger partial charge in [-0.2, -0.15) is 0 Å². The smallest absolute Gasteiger partial charge is 0.126 e. The Balaban J connectivity index is 2.05. The van der Waals surface area contributed by atoms with E-state index in [1.165, 1.54) is 18.2 Å². The summed E-state index contributed by atoms with van der Waals surface area (Å²) in [5.41, 5.74) is 0.516. The summed E-state index contributed by atoms with van der Waals surface area (Å²) in [5, 5.41) is 3.26. The average Bonchev–Trinajstić information content (AvgIpc) is 2.25. The lowest BCUT2D eigenvalue weighted by atomic mass is 9.91. The van der Waals surface area contributed by atoms with Crippen LogP contribution in [-0.2, 0) is 6.42 Å². The van der Waals surface area contributed by atoms with Crippen molar-refractivity contribution in [2.75, 3.05) is 13.1 Å². The lowest BCUT2D eigenvalue weighted by Crippen LogP contribution is -2.28. The Kier molecular flexibility index (Phi) is 3.31. The average molecular weight is 211 g/mol.